The maximum atomic E-state index is 13.9. The summed E-state index contributed by atoms with van der Waals surface area (Å²) in [6, 6.07) is 14.3. The minimum Gasteiger partial charge on any atom is -0.408 e. The van der Waals surface area contributed by atoms with Gasteiger partial charge >= 0.3 is 5.76 Å². The molecule has 6 nitrogen and oxygen atoms in total. The number of fused-ring (bicyclic) bond motifs is 1. The van der Waals surface area contributed by atoms with E-state index in [0.29, 0.717) is 27.9 Å². The van der Waals surface area contributed by atoms with E-state index in [-0.39, 0.29) is 18.3 Å². The van der Waals surface area contributed by atoms with E-state index in [0.717, 1.165) is 0 Å². The number of rotatable bonds is 4. The van der Waals surface area contributed by atoms with Crippen LogP contribution in [0.4, 0.5) is 10.1 Å². The molecule has 2 aromatic carbocycles. The Morgan fingerprint density at radius 1 is 1.11 bits per heavy atom. The zero-order valence-corrected chi connectivity index (χ0v) is 14.1. The molecular weight excluding hydrogens is 349 g/mol. The van der Waals surface area contributed by atoms with Crippen LogP contribution in [0, 0.1) is 5.82 Å². The highest BCUT2D eigenvalue weighted by Crippen LogP contribution is 2.20. The van der Waals surface area contributed by atoms with Crippen LogP contribution in [0.1, 0.15) is 15.9 Å². The lowest BCUT2D eigenvalue weighted by molar-refractivity contribution is 0.102. The Morgan fingerprint density at radius 2 is 1.89 bits per heavy atom. The molecule has 2 aromatic heterocycles. The van der Waals surface area contributed by atoms with E-state index in [1.54, 1.807) is 48.5 Å². The number of nitrogens with zero attached hydrogens (tertiary/aromatic N) is 2. The monoisotopic (exact) mass is 363 g/mol. The number of amides is 1. The Bertz CT molecular complexity index is 1180. The number of anilines is 1. The second kappa shape index (κ2) is 6.87. The highest BCUT2D eigenvalue weighted by Gasteiger charge is 2.13. The van der Waals surface area contributed by atoms with Gasteiger partial charge in [-0.1, -0.05) is 18.2 Å². The molecule has 0 spiro atoms. The zero-order chi connectivity index (χ0) is 18.8. The summed E-state index contributed by atoms with van der Waals surface area (Å²) < 4.78 is 20.5. The van der Waals surface area contributed by atoms with E-state index >= 15 is 0 Å². The lowest BCUT2D eigenvalue weighted by Gasteiger charge is -2.06. The predicted octanol–water partition coefficient (Wildman–Crippen LogP) is 3.43. The first-order valence-corrected chi connectivity index (χ1v) is 8.20. The molecule has 1 N–H and O–H groups in total. The standard InChI is InChI=1S/C20H14FN3O3/c21-16-4-2-1-3-14(16)12-24-17-6-5-15(11-18(17)27-20(24)26)23-19(25)13-7-9-22-10-8-13/h1-11H,12H2,(H,23,25). The van der Waals surface area contributed by atoms with Crippen LogP contribution in [0.2, 0.25) is 0 Å². The maximum Gasteiger partial charge on any atom is 0.420 e. The Labute approximate surface area is 152 Å². The number of carbonyl (C=O) groups is 1. The van der Waals surface area contributed by atoms with E-state index in [9.17, 15) is 14.0 Å². The van der Waals surface area contributed by atoms with Gasteiger partial charge < -0.3 is 9.73 Å². The summed E-state index contributed by atoms with van der Waals surface area (Å²) in [4.78, 5) is 28.3. The SMILES string of the molecule is O=C(Nc1ccc2c(c1)oc(=O)n2Cc1ccccc1F)c1ccncc1. The molecule has 0 bridgehead atoms. The zero-order valence-electron chi connectivity index (χ0n) is 14.1. The number of hydrogen-bond acceptors (Lipinski definition) is 4. The fourth-order valence-corrected chi connectivity index (χ4v) is 2.80. The number of benzene rings is 2. The molecule has 4 aromatic rings. The summed E-state index contributed by atoms with van der Waals surface area (Å²) in [5.41, 5.74) is 2.16. The Kier molecular flexibility index (Phi) is 4.25. The highest BCUT2D eigenvalue weighted by atomic mass is 19.1. The number of hydrogen-bond donors (Lipinski definition) is 1. The van der Waals surface area contributed by atoms with Crippen LogP contribution in [-0.2, 0) is 6.54 Å². The van der Waals surface area contributed by atoms with Gasteiger partial charge in [-0.15, -0.1) is 0 Å². The van der Waals surface area contributed by atoms with Crippen LogP contribution in [0.5, 0.6) is 0 Å². The summed E-state index contributed by atoms with van der Waals surface area (Å²) in [7, 11) is 0. The predicted molar refractivity (Wildman–Crippen MR) is 98.2 cm³/mol. The van der Waals surface area contributed by atoms with Crippen molar-refractivity contribution in [3.63, 3.8) is 0 Å². The molecule has 0 fully saturated rings. The van der Waals surface area contributed by atoms with E-state index in [1.165, 1.54) is 23.0 Å². The summed E-state index contributed by atoms with van der Waals surface area (Å²) in [5.74, 6) is -1.28. The van der Waals surface area contributed by atoms with Gasteiger partial charge in [0.2, 0.25) is 0 Å². The minimum absolute atomic E-state index is 0.0568. The van der Waals surface area contributed by atoms with Crippen LogP contribution in [0.15, 0.2) is 76.2 Å². The highest BCUT2D eigenvalue weighted by molar-refractivity contribution is 6.04. The lowest BCUT2D eigenvalue weighted by Crippen LogP contribution is -2.15. The third kappa shape index (κ3) is 3.35. The van der Waals surface area contributed by atoms with Crippen molar-refractivity contribution in [1.29, 1.82) is 0 Å². The van der Waals surface area contributed by atoms with E-state index in [4.69, 9.17) is 4.42 Å². The molecular formula is C20H14FN3O3. The largest absolute Gasteiger partial charge is 0.420 e. The lowest BCUT2D eigenvalue weighted by atomic mass is 10.2. The first-order chi connectivity index (χ1) is 13.1. The van der Waals surface area contributed by atoms with Gasteiger partial charge in [0.1, 0.15) is 5.82 Å². The first-order valence-electron chi connectivity index (χ1n) is 8.20. The number of nitrogens with one attached hydrogen (secondary N) is 1. The second-order valence-electron chi connectivity index (χ2n) is 5.92. The van der Waals surface area contributed by atoms with Crippen molar-refractivity contribution < 1.29 is 13.6 Å². The normalized spacial score (nSPS) is 10.9. The molecule has 134 valence electrons. The fraction of sp³-hybridized carbons (Fsp3) is 0.0500. The van der Waals surface area contributed by atoms with Crippen LogP contribution < -0.4 is 11.1 Å². The van der Waals surface area contributed by atoms with Gasteiger partial charge in [0, 0.05) is 35.3 Å². The van der Waals surface area contributed by atoms with E-state index < -0.39 is 5.76 Å². The smallest absolute Gasteiger partial charge is 0.408 e. The van der Waals surface area contributed by atoms with E-state index in [2.05, 4.69) is 10.3 Å². The first kappa shape index (κ1) is 16.7. The fourth-order valence-electron chi connectivity index (χ4n) is 2.80. The van der Waals surface area contributed by atoms with E-state index in [1.807, 2.05) is 0 Å². The summed E-state index contributed by atoms with van der Waals surface area (Å²) >= 11 is 0. The Balaban J connectivity index is 1.64. The molecule has 27 heavy (non-hydrogen) atoms. The summed E-state index contributed by atoms with van der Waals surface area (Å²) in [6.45, 7) is 0.0568. The minimum atomic E-state index is -0.592. The van der Waals surface area contributed by atoms with Crippen molar-refractivity contribution in [3.05, 3.63) is 94.5 Å². The molecule has 0 atom stereocenters. The van der Waals surface area contributed by atoms with Gasteiger partial charge in [0.05, 0.1) is 12.1 Å². The molecule has 0 aliphatic carbocycles. The molecule has 4 rings (SSSR count). The van der Waals surface area contributed by atoms with Crippen molar-refractivity contribution >= 4 is 22.7 Å². The summed E-state index contributed by atoms with van der Waals surface area (Å²) in [6.07, 6.45) is 3.06. The average Bonchev–Trinajstić information content (AvgIpc) is 2.99. The van der Waals surface area contributed by atoms with Crippen molar-refractivity contribution in [2.24, 2.45) is 0 Å². The Hall–Kier alpha value is -3.74. The molecule has 7 heteroatoms. The molecule has 0 saturated heterocycles. The van der Waals surface area contributed by atoms with Gasteiger partial charge in [0.15, 0.2) is 5.58 Å². The van der Waals surface area contributed by atoms with Gasteiger partial charge in [-0.25, -0.2) is 9.18 Å². The van der Waals surface area contributed by atoms with Crippen molar-refractivity contribution in [2.75, 3.05) is 5.32 Å². The van der Waals surface area contributed by atoms with Crippen LogP contribution >= 0.6 is 0 Å². The van der Waals surface area contributed by atoms with Crippen LogP contribution in [0.3, 0.4) is 0 Å². The molecule has 0 unspecified atom stereocenters. The van der Waals surface area contributed by atoms with Crippen molar-refractivity contribution in [3.8, 4) is 0 Å². The molecule has 0 aliphatic heterocycles. The quantitative estimate of drug-likeness (QED) is 0.603. The number of oxazole rings is 1. The number of aromatic nitrogens is 2. The average molecular weight is 363 g/mol. The van der Waals surface area contributed by atoms with Gasteiger partial charge in [-0.3, -0.25) is 14.3 Å². The van der Waals surface area contributed by atoms with Crippen LogP contribution in [0.25, 0.3) is 11.1 Å². The molecule has 2 heterocycles. The molecule has 1 amide bonds. The van der Waals surface area contributed by atoms with Gasteiger partial charge in [-0.2, -0.15) is 0 Å². The third-order valence-electron chi connectivity index (χ3n) is 4.15. The molecule has 0 radical (unpaired) electrons. The van der Waals surface area contributed by atoms with Crippen molar-refractivity contribution in [1.82, 2.24) is 9.55 Å². The van der Waals surface area contributed by atoms with Crippen LogP contribution in [-0.4, -0.2) is 15.5 Å². The second-order valence-corrected chi connectivity index (χ2v) is 5.92. The van der Waals surface area contributed by atoms with Crippen molar-refractivity contribution in [2.45, 2.75) is 6.54 Å². The topological polar surface area (TPSA) is 77.1 Å². The number of halogens is 1. The Morgan fingerprint density at radius 3 is 2.67 bits per heavy atom. The maximum absolute atomic E-state index is 13.9. The molecule has 0 aliphatic rings. The summed E-state index contributed by atoms with van der Waals surface area (Å²) in [5, 5.41) is 2.74. The number of pyridine rings is 1. The third-order valence-corrected chi connectivity index (χ3v) is 4.15. The van der Waals surface area contributed by atoms with Gasteiger partial charge in [-0.05, 0) is 30.3 Å². The number of carbonyl (C=O) groups excluding carboxylic acids is 1. The van der Waals surface area contributed by atoms with Gasteiger partial charge in [0.25, 0.3) is 5.91 Å². The molecule has 0 saturated carbocycles.